The Morgan fingerprint density at radius 1 is 1.47 bits per heavy atom. The van der Waals surface area contributed by atoms with Crippen molar-refractivity contribution in [2.75, 3.05) is 0 Å². The molecule has 4 heteroatoms. The number of hydrogen-bond acceptors (Lipinski definition) is 2. The van der Waals surface area contributed by atoms with Gasteiger partial charge in [-0.2, -0.15) is 0 Å². The van der Waals surface area contributed by atoms with Gasteiger partial charge in [0.2, 0.25) is 0 Å². The highest BCUT2D eigenvalue weighted by Crippen LogP contribution is 2.19. The Labute approximate surface area is 110 Å². The summed E-state index contributed by atoms with van der Waals surface area (Å²) in [6, 6.07) is 5.91. The third-order valence-corrected chi connectivity index (χ3v) is 3.81. The first-order chi connectivity index (χ1) is 8.08. The number of rotatable bonds is 2. The number of carbonyl (C=O) groups excluding carboxylic acids is 1. The number of carbonyl (C=O) groups is 1. The van der Waals surface area contributed by atoms with E-state index in [4.69, 9.17) is 5.73 Å². The molecule has 1 aromatic carbocycles. The van der Waals surface area contributed by atoms with Crippen LogP contribution in [0, 0.1) is 6.92 Å². The minimum absolute atomic E-state index is 0.0163. The van der Waals surface area contributed by atoms with Gasteiger partial charge in [-0.3, -0.25) is 4.79 Å². The molecule has 0 spiro atoms. The maximum Gasteiger partial charge on any atom is 0.251 e. The predicted molar refractivity (Wildman–Crippen MR) is 72.0 cm³/mol. The van der Waals surface area contributed by atoms with Crippen molar-refractivity contribution >= 4 is 21.8 Å². The van der Waals surface area contributed by atoms with E-state index in [0.717, 1.165) is 34.9 Å². The second kappa shape index (κ2) is 5.19. The SMILES string of the molecule is Cc1cc(Br)ccc1C(=O)NC1CCCC1N. The minimum Gasteiger partial charge on any atom is -0.348 e. The summed E-state index contributed by atoms with van der Waals surface area (Å²) in [7, 11) is 0. The van der Waals surface area contributed by atoms with E-state index in [9.17, 15) is 4.79 Å². The lowest BCUT2D eigenvalue weighted by Crippen LogP contribution is -2.44. The zero-order valence-corrected chi connectivity index (χ0v) is 11.5. The maximum atomic E-state index is 12.1. The molecule has 3 N–H and O–H groups in total. The fraction of sp³-hybridized carbons (Fsp3) is 0.462. The van der Waals surface area contributed by atoms with Crippen molar-refractivity contribution < 1.29 is 4.79 Å². The van der Waals surface area contributed by atoms with E-state index in [1.807, 2.05) is 25.1 Å². The van der Waals surface area contributed by atoms with Crippen LogP contribution in [-0.2, 0) is 0 Å². The van der Waals surface area contributed by atoms with Gasteiger partial charge >= 0.3 is 0 Å². The molecule has 3 nitrogen and oxygen atoms in total. The van der Waals surface area contributed by atoms with Gasteiger partial charge < -0.3 is 11.1 Å². The Morgan fingerprint density at radius 2 is 2.24 bits per heavy atom. The lowest BCUT2D eigenvalue weighted by Gasteiger charge is -2.18. The van der Waals surface area contributed by atoms with Gasteiger partial charge in [0.15, 0.2) is 0 Å². The number of benzene rings is 1. The van der Waals surface area contributed by atoms with Crippen molar-refractivity contribution in [1.82, 2.24) is 5.32 Å². The van der Waals surface area contributed by atoms with Crippen molar-refractivity contribution in [3.63, 3.8) is 0 Å². The molecule has 1 fully saturated rings. The van der Waals surface area contributed by atoms with E-state index >= 15 is 0 Å². The molecule has 17 heavy (non-hydrogen) atoms. The van der Waals surface area contributed by atoms with Crippen molar-refractivity contribution in [2.24, 2.45) is 5.73 Å². The summed E-state index contributed by atoms with van der Waals surface area (Å²) in [6.07, 6.45) is 3.10. The zero-order chi connectivity index (χ0) is 12.4. The number of hydrogen-bond donors (Lipinski definition) is 2. The highest BCUT2D eigenvalue weighted by molar-refractivity contribution is 9.10. The van der Waals surface area contributed by atoms with Crippen LogP contribution in [0.25, 0.3) is 0 Å². The second-order valence-corrected chi connectivity index (χ2v) is 5.55. The number of nitrogens with one attached hydrogen (secondary N) is 1. The molecular weight excluding hydrogens is 280 g/mol. The number of amides is 1. The van der Waals surface area contributed by atoms with Gasteiger partial charge in [0, 0.05) is 22.1 Å². The smallest absolute Gasteiger partial charge is 0.251 e. The standard InChI is InChI=1S/C13H17BrN2O/c1-8-7-9(14)5-6-10(8)13(17)16-12-4-2-3-11(12)15/h5-7,11-12H,2-4,15H2,1H3,(H,16,17). The summed E-state index contributed by atoms with van der Waals surface area (Å²) in [5.74, 6) is -0.0163. The summed E-state index contributed by atoms with van der Waals surface area (Å²) in [4.78, 5) is 12.1. The lowest BCUT2D eigenvalue weighted by atomic mass is 10.1. The van der Waals surface area contributed by atoms with E-state index in [1.165, 1.54) is 0 Å². The van der Waals surface area contributed by atoms with Crippen LogP contribution in [0.15, 0.2) is 22.7 Å². The summed E-state index contributed by atoms with van der Waals surface area (Å²) < 4.78 is 0.990. The van der Waals surface area contributed by atoms with Crippen molar-refractivity contribution in [2.45, 2.75) is 38.3 Å². The Bertz CT molecular complexity index is 433. The average molecular weight is 297 g/mol. The third-order valence-electron chi connectivity index (χ3n) is 3.32. The van der Waals surface area contributed by atoms with Gasteiger partial charge in [0.1, 0.15) is 0 Å². The molecule has 0 bridgehead atoms. The van der Waals surface area contributed by atoms with Crippen LogP contribution in [0.2, 0.25) is 0 Å². The third kappa shape index (κ3) is 2.87. The molecule has 2 unspecified atom stereocenters. The Kier molecular flexibility index (Phi) is 3.84. The predicted octanol–water partition coefficient (Wildman–Crippen LogP) is 2.37. The minimum atomic E-state index is -0.0163. The molecule has 0 heterocycles. The summed E-state index contributed by atoms with van der Waals surface area (Å²) in [5.41, 5.74) is 7.65. The highest BCUT2D eigenvalue weighted by Gasteiger charge is 2.25. The number of nitrogens with two attached hydrogens (primary N) is 1. The topological polar surface area (TPSA) is 55.1 Å². The first-order valence-electron chi connectivity index (χ1n) is 5.90. The van der Waals surface area contributed by atoms with Crippen LogP contribution >= 0.6 is 15.9 Å². The van der Waals surface area contributed by atoms with E-state index in [0.29, 0.717) is 0 Å². The number of halogens is 1. The van der Waals surface area contributed by atoms with Gasteiger partial charge in [-0.25, -0.2) is 0 Å². The van der Waals surface area contributed by atoms with Crippen LogP contribution in [0.5, 0.6) is 0 Å². The zero-order valence-electron chi connectivity index (χ0n) is 9.87. The van der Waals surface area contributed by atoms with Gasteiger partial charge in [-0.05, 0) is 49.9 Å². The van der Waals surface area contributed by atoms with E-state index < -0.39 is 0 Å². The average Bonchev–Trinajstić information content (AvgIpc) is 2.64. The van der Waals surface area contributed by atoms with Crippen molar-refractivity contribution in [3.8, 4) is 0 Å². The molecule has 1 amide bonds. The summed E-state index contributed by atoms with van der Waals surface area (Å²) >= 11 is 3.39. The summed E-state index contributed by atoms with van der Waals surface area (Å²) in [5, 5.41) is 3.03. The molecule has 0 radical (unpaired) electrons. The second-order valence-electron chi connectivity index (χ2n) is 4.63. The first kappa shape index (κ1) is 12.6. The van der Waals surface area contributed by atoms with Crippen molar-refractivity contribution in [1.29, 1.82) is 0 Å². The van der Waals surface area contributed by atoms with Crippen LogP contribution in [0.4, 0.5) is 0 Å². The molecule has 1 aromatic rings. The van der Waals surface area contributed by atoms with Gasteiger partial charge in [0.05, 0.1) is 0 Å². The maximum absolute atomic E-state index is 12.1. The van der Waals surface area contributed by atoms with Gasteiger partial charge in [-0.1, -0.05) is 15.9 Å². The summed E-state index contributed by atoms with van der Waals surface area (Å²) in [6.45, 7) is 1.94. The van der Waals surface area contributed by atoms with E-state index in [-0.39, 0.29) is 18.0 Å². The molecular formula is C13H17BrN2O. The molecule has 2 rings (SSSR count). The van der Waals surface area contributed by atoms with Crippen LogP contribution in [-0.4, -0.2) is 18.0 Å². The molecule has 1 aliphatic carbocycles. The van der Waals surface area contributed by atoms with Crippen LogP contribution < -0.4 is 11.1 Å². The Morgan fingerprint density at radius 3 is 2.82 bits per heavy atom. The van der Waals surface area contributed by atoms with Gasteiger partial charge in [0.25, 0.3) is 5.91 Å². The highest BCUT2D eigenvalue weighted by atomic mass is 79.9. The molecule has 1 saturated carbocycles. The molecule has 1 aliphatic rings. The van der Waals surface area contributed by atoms with Crippen LogP contribution in [0.1, 0.15) is 35.2 Å². The van der Waals surface area contributed by atoms with Gasteiger partial charge in [-0.15, -0.1) is 0 Å². The van der Waals surface area contributed by atoms with Crippen molar-refractivity contribution in [3.05, 3.63) is 33.8 Å². The quantitative estimate of drug-likeness (QED) is 0.880. The fourth-order valence-electron chi connectivity index (χ4n) is 2.30. The first-order valence-corrected chi connectivity index (χ1v) is 6.70. The van der Waals surface area contributed by atoms with E-state index in [1.54, 1.807) is 0 Å². The number of aryl methyl sites for hydroxylation is 1. The molecule has 0 aromatic heterocycles. The normalized spacial score (nSPS) is 23.7. The van der Waals surface area contributed by atoms with Crippen LogP contribution in [0.3, 0.4) is 0 Å². The van der Waals surface area contributed by atoms with E-state index in [2.05, 4.69) is 21.2 Å². The Hall–Kier alpha value is -0.870. The molecule has 0 aliphatic heterocycles. The monoisotopic (exact) mass is 296 g/mol. The Balaban J connectivity index is 2.09. The molecule has 0 saturated heterocycles. The largest absolute Gasteiger partial charge is 0.348 e. The lowest BCUT2D eigenvalue weighted by molar-refractivity contribution is 0.0934. The fourth-order valence-corrected chi connectivity index (χ4v) is 2.77. The molecule has 92 valence electrons. The molecule has 2 atom stereocenters.